The highest BCUT2D eigenvalue weighted by molar-refractivity contribution is 5.80. The van der Waals surface area contributed by atoms with Crippen molar-refractivity contribution in [3.63, 3.8) is 0 Å². The van der Waals surface area contributed by atoms with Crippen LogP contribution in [-0.2, 0) is 4.79 Å². The van der Waals surface area contributed by atoms with E-state index in [0.717, 1.165) is 12.1 Å². The van der Waals surface area contributed by atoms with Gasteiger partial charge in [-0.1, -0.05) is 13.8 Å². The van der Waals surface area contributed by atoms with Crippen molar-refractivity contribution in [3.8, 4) is 0 Å². The van der Waals surface area contributed by atoms with Gasteiger partial charge >= 0.3 is 5.69 Å². The second kappa shape index (κ2) is 6.67. The van der Waals surface area contributed by atoms with Crippen LogP contribution in [0.15, 0.2) is 18.2 Å². The molecule has 0 saturated heterocycles. The number of rotatable bonds is 6. The highest BCUT2D eigenvalue weighted by Gasteiger charge is 2.14. The second-order valence-corrected chi connectivity index (χ2v) is 4.47. The smallest absolute Gasteiger partial charge is 0.306 e. The van der Waals surface area contributed by atoms with E-state index in [-0.39, 0.29) is 12.5 Å². The SMILES string of the molecule is CC(C)CNC(=O)CNc1ccc(F)c([N+](=O)[O-])c1. The number of nitro groups is 1. The van der Waals surface area contributed by atoms with Gasteiger partial charge in [-0.3, -0.25) is 14.9 Å². The summed E-state index contributed by atoms with van der Waals surface area (Å²) in [5.41, 5.74) is -0.291. The van der Waals surface area contributed by atoms with Crippen LogP contribution in [0.5, 0.6) is 0 Å². The van der Waals surface area contributed by atoms with Crippen LogP contribution in [0.4, 0.5) is 15.8 Å². The van der Waals surface area contributed by atoms with E-state index in [4.69, 9.17) is 0 Å². The average molecular weight is 269 g/mol. The number of benzene rings is 1. The summed E-state index contributed by atoms with van der Waals surface area (Å²) in [4.78, 5) is 21.2. The van der Waals surface area contributed by atoms with Crippen molar-refractivity contribution in [2.75, 3.05) is 18.4 Å². The predicted octanol–water partition coefficient (Wildman–Crippen LogP) is 1.92. The fourth-order valence-corrected chi connectivity index (χ4v) is 1.33. The topological polar surface area (TPSA) is 84.3 Å². The van der Waals surface area contributed by atoms with Crippen LogP contribution < -0.4 is 10.6 Å². The molecule has 1 rings (SSSR count). The first-order valence-electron chi connectivity index (χ1n) is 5.84. The van der Waals surface area contributed by atoms with Crippen LogP contribution in [0.1, 0.15) is 13.8 Å². The number of amides is 1. The molecule has 6 nitrogen and oxygen atoms in total. The maximum Gasteiger partial charge on any atom is 0.306 e. The summed E-state index contributed by atoms with van der Waals surface area (Å²) in [6.45, 7) is 4.48. The summed E-state index contributed by atoms with van der Waals surface area (Å²) < 4.78 is 13.1. The lowest BCUT2D eigenvalue weighted by molar-refractivity contribution is -0.387. The van der Waals surface area contributed by atoms with E-state index in [1.54, 1.807) is 0 Å². The van der Waals surface area contributed by atoms with Gasteiger partial charge in [-0.2, -0.15) is 4.39 Å². The van der Waals surface area contributed by atoms with E-state index in [1.165, 1.54) is 6.07 Å². The molecule has 0 fully saturated rings. The van der Waals surface area contributed by atoms with E-state index >= 15 is 0 Å². The summed E-state index contributed by atoms with van der Waals surface area (Å²) in [5, 5.41) is 15.9. The van der Waals surface area contributed by atoms with Crippen molar-refractivity contribution in [1.82, 2.24) is 5.32 Å². The maximum atomic E-state index is 13.1. The number of halogens is 1. The van der Waals surface area contributed by atoms with Crippen molar-refractivity contribution in [3.05, 3.63) is 34.1 Å². The van der Waals surface area contributed by atoms with Crippen LogP contribution in [-0.4, -0.2) is 23.9 Å². The number of hydrogen-bond acceptors (Lipinski definition) is 4. The summed E-state index contributed by atoms with van der Waals surface area (Å²) in [6.07, 6.45) is 0. The summed E-state index contributed by atoms with van der Waals surface area (Å²) in [6, 6.07) is 3.40. The minimum absolute atomic E-state index is 0.0183. The molecule has 1 aromatic carbocycles. The van der Waals surface area contributed by atoms with Crippen LogP contribution in [0.3, 0.4) is 0 Å². The fourth-order valence-electron chi connectivity index (χ4n) is 1.33. The number of nitro benzene ring substituents is 1. The van der Waals surface area contributed by atoms with Gasteiger partial charge < -0.3 is 10.6 Å². The lowest BCUT2D eigenvalue weighted by Crippen LogP contribution is -2.32. The van der Waals surface area contributed by atoms with E-state index in [2.05, 4.69) is 10.6 Å². The number of nitrogens with one attached hydrogen (secondary N) is 2. The maximum absolute atomic E-state index is 13.1. The third kappa shape index (κ3) is 4.90. The summed E-state index contributed by atoms with van der Waals surface area (Å²) >= 11 is 0. The zero-order valence-electron chi connectivity index (χ0n) is 10.8. The second-order valence-electron chi connectivity index (χ2n) is 4.47. The van der Waals surface area contributed by atoms with Crippen molar-refractivity contribution >= 4 is 17.3 Å². The van der Waals surface area contributed by atoms with Gasteiger partial charge in [-0.05, 0) is 18.1 Å². The Morgan fingerprint density at radius 1 is 1.47 bits per heavy atom. The molecule has 0 aromatic heterocycles. The van der Waals surface area contributed by atoms with Crippen LogP contribution in [0.2, 0.25) is 0 Å². The van der Waals surface area contributed by atoms with E-state index in [1.807, 2.05) is 13.8 Å². The number of carbonyl (C=O) groups excluding carboxylic acids is 1. The Balaban J connectivity index is 2.56. The molecule has 0 spiro atoms. The third-order valence-corrected chi connectivity index (χ3v) is 2.30. The van der Waals surface area contributed by atoms with Gasteiger partial charge in [0, 0.05) is 18.3 Å². The molecule has 0 radical (unpaired) electrons. The normalized spacial score (nSPS) is 10.3. The number of nitrogens with zero attached hydrogens (tertiary/aromatic N) is 1. The molecule has 0 aliphatic heterocycles. The Morgan fingerprint density at radius 2 is 2.16 bits per heavy atom. The minimum atomic E-state index is -0.903. The van der Waals surface area contributed by atoms with Gasteiger partial charge in [0.25, 0.3) is 0 Å². The molecule has 0 bridgehead atoms. The summed E-state index contributed by atoms with van der Waals surface area (Å²) in [7, 11) is 0. The zero-order chi connectivity index (χ0) is 14.4. The largest absolute Gasteiger partial charge is 0.376 e. The highest BCUT2D eigenvalue weighted by Crippen LogP contribution is 2.21. The molecule has 0 atom stereocenters. The molecule has 104 valence electrons. The van der Waals surface area contributed by atoms with Crippen molar-refractivity contribution in [2.24, 2.45) is 5.92 Å². The third-order valence-electron chi connectivity index (χ3n) is 2.30. The fraction of sp³-hybridized carbons (Fsp3) is 0.417. The first kappa shape index (κ1) is 14.9. The van der Waals surface area contributed by atoms with Gasteiger partial charge in [0.2, 0.25) is 11.7 Å². The van der Waals surface area contributed by atoms with Gasteiger partial charge in [0.1, 0.15) is 0 Å². The van der Waals surface area contributed by atoms with Gasteiger partial charge in [-0.15, -0.1) is 0 Å². The van der Waals surface area contributed by atoms with Gasteiger partial charge in [0.05, 0.1) is 11.5 Å². The Hall–Kier alpha value is -2.18. The van der Waals surface area contributed by atoms with Crippen molar-refractivity contribution in [1.29, 1.82) is 0 Å². The Kier molecular flexibility index (Phi) is 5.23. The Labute approximate surface area is 110 Å². The Bertz CT molecular complexity index is 477. The Morgan fingerprint density at radius 3 is 2.74 bits per heavy atom. The van der Waals surface area contributed by atoms with Crippen LogP contribution in [0, 0.1) is 21.8 Å². The minimum Gasteiger partial charge on any atom is -0.376 e. The molecule has 2 N–H and O–H groups in total. The number of carbonyl (C=O) groups is 1. The van der Waals surface area contributed by atoms with Gasteiger partial charge in [-0.25, -0.2) is 0 Å². The number of anilines is 1. The van der Waals surface area contributed by atoms with E-state index in [9.17, 15) is 19.3 Å². The molecule has 7 heteroatoms. The van der Waals surface area contributed by atoms with Crippen LogP contribution >= 0.6 is 0 Å². The van der Waals surface area contributed by atoms with E-state index in [0.29, 0.717) is 18.2 Å². The average Bonchev–Trinajstić information content (AvgIpc) is 2.35. The standard InChI is InChI=1S/C12H16FN3O3/c1-8(2)6-15-12(17)7-14-9-3-4-10(13)11(5-9)16(18)19/h3-5,8,14H,6-7H2,1-2H3,(H,15,17). The molecule has 0 aliphatic rings. The predicted molar refractivity (Wildman–Crippen MR) is 69.4 cm³/mol. The van der Waals surface area contributed by atoms with Crippen LogP contribution in [0.25, 0.3) is 0 Å². The molecule has 0 saturated carbocycles. The number of hydrogen-bond donors (Lipinski definition) is 2. The molecule has 19 heavy (non-hydrogen) atoms. The highest BCUT2D eigenvalue weighted by atomic mass is 19.1. The lowest BCUT2D eigenvalue weighted by Gasteiger charge is -2.09. The van der Waals surface area contributed by atoms with E-state index < -0.39 is 16.4 Å². The van der Waals surface area contributed by atoms with Gasteiger partial charge in [0.15, 0.2) is 0 Å². The molecule has 0 aliphatic carbocycles. The summed E-state index contributed by atoms with van der Waals surface area (Å²) in [5.74, 6) is -0.781. The molecule has 1 amide bonds. The molecular weight excluding hydrogens is 253 g/mol. The molecule has 0 heterocycles. The van der Waals surface area contributed by atoms with Crippen molar-refractivity contribution < 1.29 is 14.1 Å². The zero-order valence-corrected chi connectivity index (χ0v) is 10.8. The molecule has 1 aromatic rings. The first-order valence-corrected chi connectivity index (χ1v) is 5.84. The monoisotopic (exact) mass is 269 g/mol. The lowest BCUT2D eigenvalue weighted by atomic mass is 10.2. The molecule has 0 unspecified atom stereocenters. The molecular formula is C12H16FN3O3. The quantitative estimate of drug-likeness (QED) is 0.610. The van der Waals surface area contributed by atoms with Crippen molar-refractivity contribution in [2.45, 2.75) is 13.8 Å². The first-order chi connectivity index (χ1) is 8.90.